The summed E-state index contributed by atoms with van der Waals surface area (Å²) in [4.78, 5) is 10.8. The topological polar surface area (TPSA) is 60.0 Å². The van der Waals surface area contributed by atoms with Crippen LogP contribution in [0.2, 0.25) is 0 Å². The molecule has 0 bridgehead atoms. The van der Waals surface area contributed by atoms with Crippen LogP contribution < -0.4 is 0 Å². The Morgan fingerprint density at radius 1 is 1.20 bits per heavy atom. The number of piperidine rings is 1. The third-order valence-corrected chi connectivity index (χ3v) is 4.63. The maximum absolute atomic E-state index is 13.1. The second kappa shape index (κ2) is 7.14. The maximum Gasteiger partial charge on any atom is 0.209 e. The highest BCUT2D eigenvalue weighted by molar-refractivity contribution is 5.55. The third kappa shape index (κ3) is 3.76. The molecule has 0 aliphatic carbocycles. The highest BCUT2D eigenvalue weighted by Crippen LogP contribution is 2.24. The van der Waals surface area contributed by atoms with Gasteiger partial charge in [0.15, 0.2) is 5.76 Å². The molecule has 130 valence electrons. The van der Waals surface area contributed by atoms with Gasteiger partial charge in [-0.05, 0) is 43.7 Å². The molecule has 0 amide bonds. The molecule has 1 atom stereocenters. The van der Waals surface area contributed by atoms with E-state index in [1.807, 2.05) is 4.68 Å². The molecule has 0 spiro atoms. The van der Waals surface area contributed by atoms with Crippen molar-refractivity contribution in [2.75, 3.05) is 6.54 Å². The molecule has 7 heteroatoms. The van der Waals surface area contributed by atoms with Crippen molar-refractivity contribution in [1.82, 2.24) is 24.6 Å². The summed E-state index contributed by atoms with van der Waals surface area (Å²) in [6, 6.07) is 6.66. The van der Waals surface area contributed by atoms with Crippen LogP contribution in [0.15, 0.2) is 47.5 Å². The van der Waals surface area contributed by atoms with Gasteiger partial charge in [0.05, 0.1) is 19.3 Å². The monoisotopic (exact) mass is 341 g/mol. The number of oxazole rings is 1. The van der Waals surface area contributed by atoms with Crippen LogP contribution in [-0.2, 0) is 13.1 Å². The van der Waals surface area contributed by atoms with Crippen molar-refractivity contribution < 1.29 is 8.81 Å². The Bertz CT molecular complexity index is 799. The maximum atomic E-state index is 13.1. The lowest BCUT2D eigenvalue weighted by molar-refractivity contribution is 0.111. The zero-order chi connectivity index (χ0) is 17.1. The summed E-state index contributed by atoms with van der Waals surface area (Å²) >= 11 is 0. The SMILES string of the molecule is Fc1ccc(-c2cnc(CN3CCCCC3Cn3cncn3)o2)cc1. The normalized spacial score (nSPS) is 18.5. The number of hydrogen-bond donors (Lipinski definition) is 0. The van der Waals surface area contributed by atoms with Crippen LogP contribution in [0.5, 0.6) is 0 Å². The minimum atomic E-state index is -0.257. The van der Waals surface area contributed by atoms with Gasteiger partial charge in [-0.2, -0.15) is 5.10 Å². The van der Waals surface area contributed by atoms with E-state index in [1.165, 1.54) is 25.0 Å². The number of halogens is 1. The quantitative estimate of drug-likeness (QED) is 0.713. The molecule has 3 aromatic rings. The predicted octanol–water partition coefficient (Wildman–Crippen LogP) is 3.13. The van der Waals surface area contributed by atoms with E-state index < -0.39 is 0 Å². The van der Waals surface area contributed by atoms with Gasteiger partial charge in [-0.15, -0.1) is 0 Å². The second-order valence-corrected chi connectivity index (χ2v) is 6.36. The van der Waals surface area contributed by atoms with Gasteiger partial charge in [-0.3, -0.25) is 9.58 Å². The molecular formula is C18H20FN5O. The zero-order valence-electron chi connectivity index (χ0n) is 13.9. The van der Waals surface area contributed by atoms with Crippen LogP contribution >= 0.6 is 0 Å². The Kier molecular flexibility index (Phi) is 4.56. The summed E-state index contributed by atoms with van der Waals surface area (Å²) in [7, 11) is 0. The lowest BCUT2D eigenvalue weighted by atomic mass is 10.0. The first-order chi connectivity index (χ1) is 12.3. The van der Waals surface area contributed by atoms with E-state index in [9.17, 15) is 4.39 Å². The largest absolute Gasteiger partial charge is 0.439 e. The minimum Gasteiger partial charge on any atom is -0.439 e. The number of benzene rings is 1. The van der Waals surface area contributed by atoms with Crippen LogP contribution in [0, 0.1) is 5.82 Å². The summed E-state index contributed by atoms with van der Waals surface area (Å²) in [6.07, 6.45) is 8.56. The molecule has 25 heavy (non-hydrogen) atoms. The molecule has 0 N–H and O–H groups in total. The van der Waals surface area contributed by atoms with Crippen molar-refractivity contribution in [2.24, 2.45) is 0 Å². The van der Waals surface area contributed by atoms with E-state index in [4.69, 9.17) is 4.42 Å². The van der Waals surface area contributed by atoms with Gasteiger partial charge < -0.3 is 4.42 Å². The van der Waals surface area contributed by atoms with E-state index in [-0.39, 0.29) is 5.82 Å². The zero-order valence-corrected chi connectivity index (χ0v) is 13.9. The third-order valence-electron chi connectivity index (χ3n) is 4.63. The fourth-order valence-electron chi connectivity index (χ4n) is 3.32. The summed E-state index contributed by atoms with van der Waals surface area (Å²) in [5.41, 5.74) is 0.831. The van der Waals surface area contributed by atoms with Crippen molar-refractivity contribution in [2.45, 2.75) is 38.4 Å². The van der Waals surface area contributed by atoms with Crippen LogP contribution in [0.1, 0.15) is 25.2 Å². The van der Waals surface area contributed by atoms with Crippen molar-refractivity contribution >= 4 is 0 Å². The van der Waals surface area contributed by atoms with Crippen molar-refractivity contribution in [3.63, 3.8) is 0 Å². The fraction of sp³-hybridized carbons (Fsp3) is 0.389. The molecule has 1 unspecified atom stereocenters. The number of hydrogen-bond acceptors (Lipinski definition) is 5. The predicted molar refractivity (Wildman–Crippen MR) is 90.0 cm³/mol. The molecule has 3 heterocycles. The van der Waals surface area contributed by atoms with E-state index in [1.54, 1.807) is 31.0 Å². The van der Waals surface area contributed by atoms with E-state index in [0.29, 0.717) is 24.2 Å². The van der Waals surface area contributed by atoms with Crippen molar-refractivity contribution in [3.8, 4) is 11.3 Å². The minimum absolute atomic E-state index is 0.257. The molecule has 0 saturated carbocycles. The lowest BCUT2D eigenvalue weighted by Crippen LogP contribution is -2.41. The summed E-state index contributed by atoms with van der Waals surface area (Å²) in [5.74, 6) is 1.09. The summed E-state index contributed by atoms with van der Waals surface area (Å²) in [5, 5.41) is 4.21. The number of nitrogens with zero attached hydrogens (tertiary/aromatic N) is 5. The highest BCUT2D eigenvalue weighted by atomic mass is 19.1. The smallest absolute Gasteiger partial charge is 0.209 e. The van der Waals surface area contributed by atoms with Gasteiger partial charge in [-0.25, -0.2) is 14.4 Å². The number of likely N-dealkylation sites (tertiary alicyclic amines) is 1. The Balaban J connectivity index is 1.45. The molecule has 1 aromatic carbocycles. The Labute approximate surface area is 145 Å². The average Bonchev–Trinajstić information content (AvgIpc) is 3.29. The summed E-state index contributed by atoms with van der Waals surface area (Å²) < 4.78 is 20.8. The van der Waals surface area contributed by atoms with Gasteiger partial charge in [0.25, 0.3) is 0 Å². The van der Waals surface area contributed by atoms with Gasteiger partial charge in [0, 0.05) is 11.6 Å². The van der Waals surface area contributed by atoms with E-state index in [2.05, 4.69) is 20.0 Å². The molecule has 1 saturated heterocycles. The average molecular weight is 341 g/mol. The van der Waals surface area contributed by atoms with E-state index >= 15 is 0 Å². The number of rotatable bonds is 5. The van der Waals surface area contributed by atoms with E-state index in [0.717, 1.165) is 25.1 Å². The Hall–Kier alpha value is -2.54. The first-order valence-corrected chi connectivity index (χ1v) is 8.55. The second-order valence-electron chi connectivity index (χ2n) is 6.36. The molecular weight excluding hydrogens is 321 g/mol. The molecule has 6 nitrogen and oxygen atoms in total. The number of aromatic nitrogens is 4. The van der Waals surface area contributed by atoms with Crippen LogP contribution in [0.25, 0.3) is 11.3 Å². The molecule has 1 aliphatic heterocycles. The highest BCUT2D eigenvalue weighted by Gasteiger charge is 2.24. The van der Waals surface area contributed by atoms with Crippen LogP contribution in [-0.4, -0.2) is 37.2 Å². The van der Waals surface area contributed by atoms with Gasteiger partial charge >= 0.3 is 0 Å². The Morgan fingerprint density at radius 2 is 2.08 bits per heavy atom. The lowest BCUT2D eigenvalue weighted by Gasteiger charge is -2.34. The van der Waals surface area contributed by atoms with Gasteiger partial charge in [0.1, 0.15) is 18.5 Å². The molecule has 1 fully saturated rings. The first kappa shape index (κ1) is 16.0. The van der Waals surface area contributed by atoms with Crippen LogP contribution in [0.3, 0.4) is 0 Å². The first-order valence-electron chi connectivity index (χ1n) is 8.55. The molecule has 2 aromatic heterocycles. The summed E-state index contributed by atoms with van der Waals surface area (Å²) in [6.45, 7) is 2.51. The van der Waals surface area contributed by atoms with Crippen molar-refractivity contribution in [3.05, 3.63) is 54.8 Å². The standard InChI is InChI=1S/C18H20FN5O/c19-15-6-4-14(5-7-15)17-9-21-18(25-17)11-23-8-2-1-3-16(23)10-24-13-20-12-22-24/h4-7,9,12-13,16H,1-3,8,10-11H2. The van der Waals surface area contributed by atoms with Gasteiger partial charge in [0.2, 0.25) is 5.89 Å². The fourth-order valence-corrected chi connectivity index (χ4v) is 3.32. The van der Waals surface area contributed by atoms with Crippen LogP contribution in [0.4, 0.5) is 4.39 Å². The molecule has 1 aliphatic rings. The molecule has 4 rings (SSSR count). The van der Waals surface area contributed by atoms with Gasteiger partial charge in [-0.1, -0.05) is 6.42 Å². The molecule has 0 radical (unpaired) electrons. The Morgan fingerprint density at radius 3 is 2.88 bits per heavy atom. The van der Waals surface area contributed by atoms with Crippen molar-refractivity contribution in [1.29, 1.82) is 0 Å².